The van der Waals surface area contributed by atoms with Crippen molar-refractivity contribution in [3.8, 4) is 0 Å². The van der Waals surface area contributed by atoms with Crippen LogP contribution in [-0.4, -0.2) is 64.6 Å². The molecule has 2 atom stereocenters. The number of Topliss-reactive ketones (excluding diaryl/α,β-unsaturated/α-hetero) is 1. The summed E-state index contributed by atoms with van der Waals surface area (Å²) in [4.78, 5) is 35.9. The van der Waals surface area contributed by atoms with Crippen molar-refractivity contribution in [2.45, 2.75) is 78.3 Å². The molecule has 0 bridgehead atoms. The Kier molecular flexibility index (Phi) is 11.0. The second kappa shape index (κ2) is 13.0. The number of nitrogens with one attached hydrogen (secondary N) is 1. The molecule has 1 aromatic carbocycles. The van der Waals surface area contributed by atoms with Gasteiger partial charge in [0, 0.05) is 20.5 Å². The molecule has 234 valence electrons. The van der Waals surface area contributed by atoms with Crippen LogP contribution in [0.1, 0.15) is 60.1 Å². The van der Waals surface area contributed by atoms with Crippen molar-refractivity contribution in [3.05, 3.63) is 56.4 Å². The number of esters is 2. The minimum absolute atomic E-state index is 0.206. The molecule has 2 rings (SSSR count). The van der Waals surface area contributed by atoms with Crippen LogP contribution < -0.4 is 0 Å². The lowest BCUT2D eigenvalue weighted by atomic mass is 10.1. The van der Waals surface area contributed by atoms with Gasteiger partial charge in [0.05, 0.1) is 11.0 Å². The van der Waals surface area contributed by atoms with Crippen LogP contribution in [0.2, 0.25) is 18.1 Å². The largest absolute Gasteiger partial charge is 0.457 e. The third-order valence-corrected chi connectivity index (χ3v) is 14.8. The number of carbonyl (C=O) groups is 3. The molecule has 10 nitrogen and oxygen atoms in total. The maximum atomic E-state index is 14.0. The van der Waals surface area contributed by atoms with Gasteiger partial charge in [0.15, 0.2) is 14.9 Å². The fourth-order valence-electron chi connectivity index (χ4n) is 3.51. The minimum Gasteiger partial charge on any atom is -0.457 e. The van der Waals surface area contributed by atoms with Gasteiger partial charge in [-0.2, -0.15) is 4.31 Å². The summed E-state index contributed by atoms with van der Waals surface area (Å²) in [5, 5.41) is -0.222. The highest BCUT2D eigenvalue weighted by Gasteiger charge is 2.43. The minimum atomic E-state index is -4.50. The number of hydrogen-bond acceptors (Lipinski definition) is 9. The van der Waals surface area contributed by atoms with Crippen molar-refractivity contribution in [2.75, 3.05) is 20.2 Å². The number of halogens is 1. The first-order chi connectivity index (χ1) is 19.0. The molecular formula is C28H41FN2O8S2Si. The van der Waals surface area contributed by atoms with Gasteiger partial charge in [-0.3, -0.25) is 14.4 Å². The highest BCUT2D eigenvalue weighted by Crippen LogP contribution is 2.41. The first-order valence-electron chi connectivity index (χ1n) is 13.2. The molecule has 0 saturated heterocycles. The maximum Gasteiger partial charge on any atom is 0.347 e. The van der Waals surface area contributed by atoms with Crippen LogP contribution >= 0.6 is 0 Å². The van der Waals surface area contributed by atoms with E-state index in [1.165, 1.54) is 31.3 Å². The molecule has 0 fully saturated rings. The number of ketones is 1. The van der Waals surface area contributed by atoms with E-state index in [1.54, 1.807) is 20.8 Å². The average Bonchev–Trinajstić information content (AvgIpc) is 3.18. The first-order valence-corrected chi connectivity index (χ1v) is 18.8. The summed E-state index contributed by atoms with van der Waals surface area (Å²) in [7, 11) is -7.69. The number of benzene rings is 1. The van der Waals surface area contributed by atoms with Crippen LogP contribution in [0, 0.1) is 10.6 Å². The van der Waals surface area contributed by atoms with Gasteiger partial charge in [-0.15, -0.1) is 0 Å². The summed E-state index contributed by atoms with van der Waals surface area (Å²) in [5.41, 5.74) is -0.450. The lowest BCUT2D eigenvalue weighted by Crippen LogP contribution is -2.44. The fraction of sp³-hybridized carbons (Fsp3) is 0.536. The second-order valence-electron chi connectivity index (χ2n) is 12.4. The summed E-state index contributed by atoms with van der Waals surface area (Å²) < 4.78 is 68.1. The molecule has 1 heterocycles. The smallest absolute Gasteiger partial charge is 0.347 e. The lowest BCUT2D eigenvalue weighted by molar-refractivity contribution is -0.149. The van der Waals surface area contributed by atoms with Crippen molar-refractivity contribution in [1.82, 2.24) is 4.31 Å². The zero-order valence-corrected chi connectivity index (χ0v) is 28.4. The molecule has 1 aromatic rings. The molecule has 14 heteroatoms. The predicted octanol–water partition coefficient (Wildman–Crippen LogP) is 5.11. The third-order valence-electron chi connectivity index (χ3n) is 6.77. The van der Waals surface area contributed by atoms with E-state index in [9.17, 15) is 27.2 Å². The number of rotatable bonds is 11. The van der Waals surface area contributed by atoms with Crippen LogP contribution in [0.5, 0.6) is 0 Å². The van der Waals surface area contributed by atoms with Crippen LogP contribution in [0.25, 0.3) is 0 Å². The molecule has 0 aromatic heterocycles. The quantitative estimate of drug-likeness (QED) is 0.259. The van der Waals surface area contributed by atoms with Crippen LogP contribution in [0.3, 0.4) is 0 Å². The molecule has 0 spiro atoms. The van der Waals surface area contributed by atoms with E-state index in [0.717, 1.165) is 17.3 Å². The van der Waals surface area contributed by atoms with Gasteiger partial charge < -0.3 is 13.9 Å². The van der Waals surface area contributed by atoms with Crippen molar-refractivity contribution in [1.29, 1.82) is 4.78 Å². The zero-order chi connectivity index (χ0) is 32.4. The van der Waals surface area contributed by atoms with Crippen molar-refractivity contribution < 1.29 is 41.1 Å². The Balaban J connectivity index is 2.60. The number of likely N-dealkylation sites (N-methyl/N-ethyl adjacent to an activating group) is 1. The van der Waals surface area contributed by atoms with Gasteiger partial charge in [0.2, 0.25) is 15.8 Å². The third kappa shape index (κ3) is 8.75. The number of sulfonamides is 1. The fourth-order valence-corrected chi connectivity index (χ4v) is 7.89. The molecule has 0 radical (unpaired) electrons. The second-order valence-corrected chi connectivity index (χ2v) is 20.6. The summed E-state index contributed by atoms with van der Waals surface area (Å²) >= 11 is 0. The average molecular weight is 645 g/mol. The van der Waals surface area contributed by atoms with Crippen molar-refractivity contribution in [2.24, 2.45) is 0 Å². The number of carbonyl (C=O) groups excluding carboxylic acids is 3. The van der Waals surface area contributed by atoms with Gasteiger partial charge in [-0.05, 0) is 73.4 Å². The van der Waals surface area contributed by atoms with Crippen molar-refractivity contribution in [3.63, 3.8) is 0 Å². The molecular weight excluding hydrogens is 604 g/mol. The molecule has 42 heavy (non-hydrogen) atoms. The summed E-state index contributed by atoms with van der Waals surface area (Å²) in [6, 6.07) is 5.59. The Morgan fingerprint density at radius 3 is 2.10 bits per heavy atom. The van der Waals surface area contributed by atoms with Crippen LogP contribution in [-0.2, 0) is 49.0 Å². The van der Waals surface area contributed by atoms with E-state index in [2.05, 4.69) is 0 Å². The first kappa shape index (κ1) is 35.7. The highest BCUT2D eigenvalue weighted by atomic mass is 32.2. The standard InChI is InChI=1S/C28H41FN2O8S2Si/c1-18(32)37-17-21(33)23-15-24(25(40(23)30)26(34)38-27(2,3)4)41(35,36)31(8)16-22(19-11-13-20(29)14-12-19)39-42(9,10)28(5,6)7/h11-15,22,30H,16-17H2,1-10H3. The molecule has 1 aliphatic rings. The summed E-state index contributed by atoms with van der Waals surface area (Å²) in [6.07, 6.45) is 0.191. The predicted molar refractivity (Wildman–Crippen MR) is 162 cm³/mol. The van der Waals surface area contributed by atoms with E-state index in [0.29, 0.717) is 5.56 Å². The van der Waals surface area contributed by atoms with Crippen LogP contribution in [0.4, 0.5) is 4.39 Å². The van der Waals surface area contributed by atoms with E-state index in [-0.39, 0.29) is 16.5 Å². The maximum absolute atomic E-state index is 14.0. The number of allylic oxidation sites excluding steroid dienone is 1. The van der Waals surface area contributed by atoms with Gasteiger partial charge in [-0.1, -0.05) is 32.9 Å². The Morgan fingerprint density at radius 2 is 1.62 bits per heavy atom. The molecule has 2 unspecified atom stereocenters. The number of hydrogen-bond donors (Lipinski definition) is 1. The highest BCUT2D eigenvalue weighted by molar-refractivity contribution is 7.99. The van der Waals surface area contributed by atoms with Gasteiger partial charge >= 0.3 is 11.9 Å². The molecule has 1 aliphatic heterocycles. The molecule has 0 aliphatic carbocycles. The zero-order valence-electron chi connectivity index (χ0n) is 25.8. The lowest BCUT2D eigenvalue weighted by Gasteiger charge is -2.40. The van der Waals surface area contributed by atoms with E-state index < -0.39 is 80.7 Å². The Hall–Kier alpha value is -2.52. The molecule has 0 saturated carbocycles. The van der Waals surface area contributed by atoms with Gasteiger partial charge in [-0.25, -0.2) is 17.6 Å². The number of nitrogens with zero attached hydrogens (tertiary/aromatic N) is 1. The molecule has 0 amide bonds. The Bertz CT molecular complexity index is 1420. The van der Waals surface area contributed by atoms with Gasteiger partial charge in [0.1, 0.15) is 21.2 Å². The summed E-state index contributed by atoms with van der Waals surface area (Å²) in [5.74, 6) is -3.04. The normalized spacial score (nSPS) is 17.2. The van der Waals surface area contributed by atoms with Crippen molar-refractivity contribution >= 4 is 46.8 Å². The van der Waals surface area contributed by atoms with E-state index >= 15 is 0 Å². The van der Waals surface area contributed by atoms with Crippen LogP contribution in [0.15, 0.2) is 45.1 Å². The monoisotopic (exact) mass is 644 g/mol. The van der Waals surface area contributed by atoms with E-state index in [1.807, 2.05) is 33.9 Å². The topological polar surface area (TPSA) is 140 Å². The van der Waals surface area contributed by atoms with E-state index in [4.69, 9.17) is 18.7 Å². The number of ether oxygens (including phenoxy) is 2. The Morgan fingerprint density at radius 1 is 1.07 bits per heavy atom. The van der Waals surface area contributed by atoms with Gasteiger partial charge in [0.25, 0.3) is 0 Å². The SMILES string of the molecule is CC(=O)OCC(=O)C1=CC(S(=O)(=O)N(C)CC(O[Si](C)(C)C(C)(C)C)c2ccc(F)cc2)=C(C(=O)OC(C)(C)C)S1=N. The summed E-state index contributed by atoms with van der Waals surface area (Å²) in [6.45, 7) is 15.1. The Labute approximate surface area is 251 Å². The molecule has 1 N–H and O–H groups in total.